The largest absolute Gasteiger partial charge is 0.454 e. The van der Waals surface area contributed by atoms with Crippen LogP contribution in [0.15, 0.2) is 282 Å². The van der Waals surface area contributed by atoms with Gasteiger partial charge in [0.25, 0.3) is 0 Å². The fourth-order valence-electron chi connectivity index (χ4n) is 13.9. The molecule has 0 saturated carbocycles. The molecule has 0 bridgehead atoms. The summed E-state index contributed by atoms with van der Waals surface area (Å²) in [6.45, 7) is 0. The molecule has 15 aromatic rings. The van der Waals surface area contributed by atoms with Gasteiger partial charge in [-0.05, 0) is 153 Å². The summed E-state index contributed by atoms with van der Waals surface area (Å²) in [5, 5.41) is 8.10. The lowest BCUT2D eigenvalue weighted by atomic mass is 9.64. The van der Waals surface area contributed by atoms with Gasteiger partial charge in [0.15, 0.2) is 11.2 Å². The molecule has 82 heavy (non-hydrogen) atoms. The van der Waals surface area contributed by atoms with Crippen molar-refractivity contribution in [1.82, 2.24) is 0 Å². The molecule has 0 amide bonds. The van der Waals surface area contributed by atoms with Crippen molar-refractivity contribution in [3.8, 4) is 11.1 Å². The second kappa shape index (κ2) is 17.6. The Kier molecular flexibility index (Phi) is 9.92. The first kappa shape index (κ1) is 46.2. The van der Waals surface area contributed by atoms with Crippen LogP contribution in [0, 0.1) is 11.6 Å². The maximum absolute atomic E-state index is 15.3. The van der Waals surface area contributed by atoms with Crippen molar-refractivity contribution in [3.05, 3.63) is 307 Å². The Hall–Kier alpha value is -10.8. The van der Waals surface area contributed by atoms with Crippen LogP contribution in [0.4, 0.5) is 60.0 Å². The van der Waals surface area contributed by atoms with Gasteiger partial charge >= 0.3 is 0 Å². The number of anilines is 9. The molecule has 0 unspecified atom stereocenters. The van der Waals surface area contributed by atoms with Gasteiger partial charge in [0.2, 0.25) is 0 Å². The zero-order valence-electron chi connectivity index (χ0n) is 43.9. The third-order valence-electron chi connectivity index (χ3n) is 17.1. The highest BCUT2D eigenvalue weighted by atomic mass is 19.1. The third-order valence-corrected chi connectivity index (χ3v) is 17.1. The van der Waals surface area contributed by atoms with Crippen LogP contribution in [-0.2, 0) is 5.41 Å². The van der Waals surface area contributed by atoms with E-state index in [1.165, 1.54) is 24.3 Å². The van der Waals surface area contributed by atoms with E-state index in [1.807, 2.05) is 60.7 Å². The molecule has 386 valence electrons. The van der Waals surface area contributed by atoms with Crippen LogP contribution >= 0.6 is 0 Å². The van der Waals surface area contributed by atoms with Crippen LogP contribution in [0.1, 0.15) is 22.3 Å². The smallest absolute Gasteiger partial charge is 0.159 e. The predicted octanol–water partition coefficient (Wildman–Crippen LogP) is 21.2. The van der Waals surface area contributed by atoms with Crippen molar-refractivity contribution in [2.45, 2.75) is 5.41 Å². The van der Waals surface area contributed by atoms with Crippen LogP contribution in [-0.4, -0.2) is 0 Å². The van der Waals surface area contributed by atoms with Gasteiger partial charge in [-0.1, -0.05) is 164 Å². The van der Waals surface area contributed by atoms with Gasteiger partial charge in [0.05, 0.1) is 39.5 Å². The minimum absolute atomic E-state index is 0.328. The number of para-hydroxylation sites is 7. The van der Waals surface area contributed by atoms with E-state index >= 15 is 8.78 Å². The minimum Gasteiger partial charge on any atom is -0.454 e. The first-order valence-corrected chi connectivity index (χ1v) is 27.6. The van der Waals surface area contributed by atoms with Crippen molar-refractivity contribution < 1.29 is 17.6 Å². The van der Waals surface area contributed by atoms with Crippen molar-refractivity contribution in [1.29, 1.82) is 0 Å². The Bertz CT molecular complexity index is 4800. The zero-order chi connectivity index (χ0) is 54.2. The van der Waals surface area contributed by atoms with Crippen LogP contribution in [0.25, 0.3) is 76.5 Å². The lowest BCUT2D eigenvalue weighted by Crippen LogP contribution is -2.36. The van der Waals surface area contributed by atoms with Gasteiger partial charge < -0.3 is 23.5 Å². The van der Waals surface area contributed by atoms with E-state index in [2.05, 4.69) is 203 Å². The number of benzene rings is 13. The van der Waals surface area contributed by atoms with E-state index in [0.717, 1.165) is 150 Å². The molecule has 2 aromatic heterocycles. The molecule has 17 rings (SSSR count). The highest BCUT2D eigenvalue weighted by molar-refractivity contribution is 6.21. The van der Waals surface area contributed by atoms with Crippen molar-refractivity contribution in [3.63, 3.8) is 0 Å². The molecule has 5 nitrogen and oxygen atoms in total. The number of hydrogen-bond donors (Lipinski definition) is 0. The molecular weight excluding hydrogens is 1010 g/mol. The fourth-order valence-corrected chi connectivity index (χ4v) is 13.9. The summed E-state index contributed by atoms with van der Waals surface area (Å²) in [6.07, 6.45) is 0. The van der Waals surface area contributed by atoms with E-state index in [1.54, 1.807) is 0 Å². The number of rotatable bonds is 7. The highest BCUT2D eigenvalue weighted by Crippen LogP contribution is 2.67. The van der Waals surface area contributed by atoms with Gasteiger partial charge in [0, 0.05) is 49.4 Å². The summed E-state index contributed by atoms with van der Waals surface area (Å²) in [4.78, 5) is 6.92. The van der Waals surface area contributed by atoms with Gasteiger partial charge in [-0.2, -0.15) is 0 Å². The average molecular weight is 1060 g/mol. The second-order valence-corrected chi connectivity index (χ2v) is 21.3. The maximum Gasteiger partial charge on any atom is 0.159 e. The lowest BCUT2D eigenvalue weighted by Gasteiger charge is -2.45. The van der Waals surface area contributed by atoms with Gasteiger partial charge in [-0.25, -0.2) is 8.78 Å². The molecule has 3 heterocycles. The molecule has 1 aliphatic heterocycles. The van der Waals surface area contributed by atoms with E-state index in [-0.39, 0.29) is 11.6 Å². The van der Waals surface area contributed by atoms with E-state index in [0.29, 0.717) is 0 Å². The topological polar surface area (TPSA) is 36.0 Å². The van der Waals surface area contributed by atoms with E-state index in [9.17, 15) is 0 Å². The molecule has 1 aliphatic carbocycles. The molecule has 0 atom stereocenters. The van der Waals surface area contributed by atoms with Crippen LogP contribution in [0.3, 0.4) is 0 Å². The normalized spacial score (nSPS) is 13.1. The van der Waals surface area contributed by atoms with Crippen LogP contribution < -0.4 is 14.7 Å². The molecule has 1 spiro atoms. The van der Waals surface area contributed by atoms with Crippen molar-refractivity contribution >= 4 is 117 Å². The number of fused-ring (bicyclic) bond motifs is 19. The summed E-state index contributed by atoms with van der Waals surface area (Å²) < 4.78 is 44.4. The molecule has 0 saturated heterocycles. The van der Waals surface area contributed by atoms with Gasteiger partial charge in [0.1, 0.15) is 22.8 Å². The Labute approximate surface area is 470 Å². The van der Waals surface area contributed by atoms with Crippen molar-refractivity contribution in [2.75, 3.05) is 14.7 Å². The molecule has 0 N–H and O–H groups in total. The number of hydrogen-bond acceptors (Lipinski definition) is 5. The standard InChI is InChI=1S/C75H45F2N3O2/c76-46-36-40-49(41-37-46)79(65-32-16-26-57-53-22-8-14-34-69(53)81-73(57)65)67-44-61-71(55-24-6-4-20-51(55)67)72-56-25-7-5-21-52(56)68(80(50-42-38-47(77)39-43-50)66-33-17-27-58-54-23-9-15-35-70(54)82-74(58)66)45-62(72)75(61)59-28-10-12-30-63(59)78(48-18-2-1-3-19-48)64-31-13-11-29-60(64)75/h1-45H. The predicted molar refractivity (Wildman–Crippen MR) is 331 cm³/mol. The number of furan rings is 2. The summed E-state index contributed by atoms with van der Waals surface area (Å²) in [5.41, 5.74) is 16.7. The number of nitrogens with zero attached hydrogens (tertiary/aromatic N) is 3. The third kappa shape index (κ3) is 6.47. The molecular formula is C75H45F2N3O2. The van der Waals surface area contributed by atoms with Gasteiger partial charge in [-0.3, -0.25) is 0 Å². The highest BCUT2D eigenvalue weighted by Gasteiger charge is 2.53. The Balaban J connectivity index is 1.05. The van der Waals surface area contributed by atoms with Crippen LogP contribution in [0.2, 0.25) is 0 Å². The lowest BCUT2D eigenvalue weighted by molar-refractivity contribution is 0.627. The summed E-state index contributed by atoms with van der Waals surface area (Å²) in [5.74, 6) is -0.655. The molecule has 0 fully saturated rings. The zero-order valence-corrected chi connectivity index (χ0v) is 43.9. The van der Waals surface area contributed by atoms with E-state index in [4.69, 9.17) is 8.83 Å². The Morgan fingerprint density at radius 3 is 1.15 bits per heavy atom. The maximum atomic E-state index is 15.3. The monoisotopic (exact) mass is 1060 g/mol. The first-order chi connectivity index (χ1) is 40.5. The summed E-state index contributed by atoms with van der Waals surface area (Å²) in [6, 6.07) is 93.1. The van der Waals surface area contributed by atoms with E-state index < -0.39 is 5.41 Å². The molecule has 7 heteroatoms. The first-order valence-electron chi connectivity index (χ1n) is 27.6. The van der Waals surface area contributed by atoms with Crippen molar-refractivity contribution in [2.24, 2.45) is 0 Å². The fraction of sp³-hybridized carbons (Fsp3) is 0.0133. The molecule has 0 radical (unpaired) electrons. The minimum atomic E-state index is -1.000. The SMILES string of the molecule is Fc1ccc(N(c2cc3c(c4ccccc24)-c2c(cc(N(c4ccc(F)cc4)c4cccc5c4oc4ccccc45)c4ccccc24)C32c3ccccc3N(c3ccccc3)c3ccccc32)c2cccc3c2oc2ccccc23)cc1. The second-order valence-electron chi connectivity index (χ2n) is 21.3. The summed E-state index contributed by atoms with van der Waals surface area (Å²) >= 11 is 0. The summed E-state index contributed by atoms with van der Waals surface area (Å²) in [7, 11) is 0. The molecule has 13 aromatic carbocycles. The Morgan fingerprint density at radius 1 is 0.305 bits per heavy atom. The number of halogens is 2. The van der Waals surface area contributed by atoms with Crippen LogP contribution in [0.5, 0.6) is 0 Å². The quantitative estimate of drug-likeness (QED) is 0.159. The van der Waals surface area contributed by atoms with Gasteiger partial charge in [-0.15, -0.1) is 0 Å². The molecule has 2 aliphatic rings. The Morgan fingerprint density at radius 2 is 0.683 bits per heavy atom. The average Bonchev–Trinajstić information content (AvgIpc) is 1.65.